The molecule has 3 aromatic rings. The van der Waals surface area contributed by atoms with E-state index in [9.17, 15) is 4.79 Å². The van der Waals surface area contributed by atoms with Crippen LogP contribution in [0.25, 0.3) is 0 Å². The minimum Gasteiger partial charge on any atom is -0.449 e. The van der Waals surface area contributed by atoms with E-state index in [4.69, 9.17) is 4.74 Å². The number of hydrogen-bond acceptors (Lipinski definition) is 2. The van der Waals surface area contributed by atoms with Crippen LogP contribution in [0.1, 0.15) is 27.6 Å². The maximum atomic E-state index is 12.5. The molecule has 3 rings (SSSR count). The molecule has 0 fully saturated rings. The van der Waals surface area contributed by atoms with Crippen molar-refractivity contribution in [3.8, 4) is 0 Å². The Balaban J connectivity index is 1.90. The van der Waals surface area contributed by atoms with Gasteiger partial charge in [0.15, 0.2) is 6.10 Å². The third-order valence-corrected chi connectivity index (χ3v) is 4.23. The van der Waals surface area contributed by atoms with E-state index < -0.39 is 6.10 Å². The molecule has 0 spiro atoms. The number of ether oxygens (including phenoxy) is 1. The van der Waals surface area contributed by atoms with Gasteiger partial charge in [-0.2, -0.15) is 0 Å². The normalized spacial score (nSPS) is 10.5. The molecule has 0 saturated carbocycles. The van der Waals surface area contributed by atoms with Crippen molar-refractivity contribution >= 4 is 28.6 Å². The third-order valence-electron chi connectivity index (χ3n) is 3.51. The predicted molar refractivity (Wildman–Crippen MR) is 99.3 cm³/mol. The van der Waals surface area contributed by atoms with Crippen LogP contribution in [0.15, 0.2) is 84.9 Å². The van der Waals surface area contributed by atoms with Gasteiger partial charge in [-0.15, -0.1) is 0 Å². The Kier molecular flexibility index (Phi) is 5.08. The minimum absolute atomic E-state index is 0.320. The third kappa shape index (κ3) is 3.99. The van der Waals surface area contributed by atoms with Crippen molar-refractivity contribution in [3.63, 3.8) is 0 Å². The molecule has 0 radical (unpaired) electrons. The Morgan fingerprint density at radius 1 is 0.739 bits per heavy atom. The lowest BCUT2D eigenvalue weighted by Gasteiger charge is -2.19. The van der Waals surface area contributed by atoms with Crippen molar-refractivity contribution < 1.29 is 9.53 Å². The summed E-state index contributed by atoms with van der Waals surface area (Å²) in [7, 11) is 0. The zero-order valence-corrected chi connectivity index (χ0v) is 14.5. The minimum atomic E-state index is -0.413. The van der Waals surface area contributed by atoms with Gasteiger partial charge < -0.3 is 4.74 Å². The molecule has 0 aliphatic carbocycles. The Morgan fingerprint density at radius 3 is 1.70 bits per heavy atom. The quantitative estimate of drug-likeness (QED) is 0.431. The van der Waals surface area contributed by atoms with Crippen molar-refractivity contribution in [3.05, 3.63) is 105 Å². The summed E-state index contributed by atoms with van der Waals surface area (Å²) in [6, 6.07) is 27.0. The van der Waals surface area contributed by atoms with E-state index >= 15 is 0 Å². The van der Waals surface area contributed by atoms with Crippen LogP contribution in [0, 0.1) is 3.57 Å². The molecule has 0 aliphatic heterocycles. The molecular formula is C20H15IO2. The molecular weight excluding hydrogens is 399 g/mol. The van der Waals surface area contributed by atoms with Crippen LogP contribution in [-0.2, 0) is 4.74 Å². The molecule has 0 atom stereocenters. The first-order valence-electron chi connectivity index (χ1n) is 7.30. The lowest BCUT2D eigenvalue weighted by Crippen LogP contribution is -2.13. The number of carbonyl (C=O) groups is 1. The number of carbonyl (C=O) groups excluding carboxylic acids is 1. The molecule has 0 saturated heterocycles. The van der Waals surface area contributed by atoms with Crippen molar-refractivity contribution in [2.75, 3.05) is 0 Å². The monoisotopic (exact) mass is 414 g/mol. The fourth-order valence-electron chi connectivity index (χ4n) is 2.35. The predicted octanol–water partition coefficient (Wildman–Crippen LogP) is 5.24. The maximum absolute atomic E-state index is 12.5. The number of hydrogen-bond donors (Lipinski definition) is 0. The lowest BCUT2D eigenvalue weighted by molar-refractivity contribution is 0.0378. The average molecular weight is 414 g/mol. The second kappa shape index (κ2) is 7.42. The first kappa shape index (κ1) is 15.7. The maximum Gasteiger partial charge on any atom is 0.339 e. The fourth-order valence-corrected chi connectivity index (χ4v) is 2.70. The standard InChI is InChI=1S/C20H15IO2/c21-18-13-11-17(12-14-18)20(22)23-19(15-7-3-1-4-8-15)16-9-5-2-6-10-16/h1-14,19H. The number of esters is 1. The van der Waals surface area contributed by atoms with Crippen LogP contribution in [0.4, 0.5) is 0 Å². The molecule has 0 N–H and O–H groups in total. The lowest BCUT2D eigenvalue weighted by atomic mass is 10.0. The molecule has 3 heteroatoms. The smallest absolute Gasteiger partial charge is 0.339 e. The van der Waals surface area contributed by atoms with Gasteiger partial charge in [-0.1, -0.05) is 60.7 Å². The van der Waals surface area contributed by atoms with Gasteiger partial charge in [0, 0.05) is 3.57 Å². The number of benzene rings is 3. The highest BCUT2D eigenvalue weighted by molar-refractivity contribution is 14.1. The molecule has 114 valence electrons. The summed E-state index contributed by atoms with van der Waals surface area (Å²) in [5.41, 5.74) is 2.47. The molecule has 0 heterocycles. The van der Waals surface area contributed by atoms with Crippen LogP contribution < -0.4 is 0 Å². The Labute approximate surface area is 149 Å². The SMILES string of the molecule is O=C(OC(c1ccccc1)c1ccccc1)c1ccc(I)cc1. The molecule has 3 aromatic carbocycles. The van der Waals surface area contributed by atoms with Crippen LogP contribution in [0.3, 0.4) is 0 Å². The highest BCUT2D eigenvalue weighted by atomic mass is 127. The van der Waals surface area contributed by atoms with Crippen molar-refractivity contribution in [1.29, 1.82) is 0 Å². The summed E-state index contributed by atoms with van der Waals surface area (Å²) in [6.45, 7) is 0. The van der Waals surface area contributed by atoms with Gasteiger partial charge in [0.1, 0.15) is 0 Å². The first-order chi connectivity index (χ1) is 11.2. The summed E-state index contributed by atoms with van der Waals surface area (Å²) in [5.74, 6) is -0.320. The summed E-state index contributed by atoms with van der Waals surface area (Å²) < 4.78 is 6.89. The van der Waals surface area contributed by atoms with E-state index in [1.165, 1.54) is 0 Å². The van der Waals surface area contributed by atoms with Crippen LogP contribution >= 0.6 is 22.6 Å². The van der Waals surface area contributed by atoms with Gasteiger partial charge in [0.2, 0.25) is 0 Å². The summed E-state index contributed by atoms with van der Waals surface area (Å²) in [6.07, 6.45) is -0.413. The Hall–Kier alpha value is -2.14. The fraction of sp³-hybridized carbons (Fsp3) is 0.0500. The van der Waals surface area contributed by atoms with E-state index in [1.807, 2.05) is 72.8 Å². The topological polar surface area (TPSA) is 26.3 Å². The van der Waals surface area contributed by atoms with E-state index in [2.05, 4.69) is 22.6 Å². The molecule has 0 aliphatic rings. The van der Waals surface area contributed by atoms with E-state index in [0.717, 1.165) is 14.7 Å². The zero-order valence-electron chi connectivity index (χ0n) is 12.4. The van der Waals surface area contributed by atoms with Gasteiger partial charge in [-0.05, 0) is 58.0 Å². The summed E-state index contributed by atoms with van der Waals surface area (Å²) >= 11 is 2.21. The summed E-state index contributed by atoms with van der Waals surface area (Å²) in [4.78, 5) is 12.5. The van der Waals surface area contributed by atoms with Crippen LogP contribution in [0.5, 0.6) is 0 Å². The van der Waals surface area contributed by atoms with Crippen LogP contribution in [0.2, 0.25) is 0 Å². The second-order valence-corrected chi connectivity index (χ2v) is 6.36. The van der Waals surface area contributed by atoms with Crippen LogP contribution in [-0.4, -0.2) is 5.97 Å². The Bertz CT molecular complexity index is 728. The number of rotatable bonds is 4. The molecule has 0 aromatic heterocycles. The van der Waals surface area contributed by atoms with Gasteiger partial charge in [-0.3, -0.25) is 0 Å². The summed E-state index contributed by atoms with van der Waals surface area (Å²) in [5, 5.41) is 0. The molecule has 0 bridgehead atoms. The highest BCUT2D eigenvalue weighted by Gasteiger charge is 2.19. The van der Waals surface area contributed by atoms with Crippen molar-refractivity contribution in [2.24, 2.45) is 0 Å². The van der Waals surface area contributed by atoms with Gasteiger partial charge >= 0.3 is 5.97 Å². The molecule has 2 nitrogen and oxygen atoms in total. The molecule has 23 heavy (non-hydrogen) atoms. The van der Waals surface area contributed by atoms with Gasteiger partial charge in [-0.25, -0.2) is 4.79 Å². The van der Waals surface area contributed by atoms with Gasteiger partial charge in [0.05, 0.1) is 5.56 Å². The average Bonchev–Trinajstić information content (AvgIpc) is 2.61. The molecule has 0 amide bonds. The van der Waals surface area contributed by atoms with Gasteiger partial charge in [0.25, 0.3) is 0 Å². The first-order valence-corrected chi connectivity index (χ1v) is 8.38. The Morgan fingerprint density at radius 2 is 1.22 bits per heavy atom. The number of halogens is 1. The largest absolute Gasteiger partial charge is 0.449 e. The van der Waals surface area contributed by atoms with E-state index in [0.29, 0.717) is 5.56 Å². The highest BCUT2D eigenvalue weighted by Crippen LogP contribution is 2.27. The zero-order chi connectivity index (χ0) is 16.1. The molecule has 0 unspecified atom stereocenters. The van der Waals surface area contributed by atoms with Crippen molar-refractivity contribution in [1.82, 2.24) is 0 Å². The van der Waals surface area contributed by atoms with Crippen molar-refractivity contribution in [2.45, 2.75) is 6.10 Å². The second-order valence-electron chi connectivity index (χ2n) is 5.11. The van der Waals surface area contributed by atoms with E-state index in [1.54, 1.807) is 12.1 Å². The van der Waals surface area contributed by atoms with E-state index in [-0.39, 0.29) is 5.97 Å².